The number of carbonyl (C=O) groups is 1. The maximum absolute atomic E-state index is 10.7. The monoisotopic (exact) mass is 255 g/mol. The normalized spacial score (nSPS) is 10.7. The lowest BCUT2D eigenvalue weighted by atomic mass is 10.00. The second-order valence-electron chi connectivity index (χ2n) is 5.03. The lowest BCUT2D eigenvalue weighted by molar-refractivity contribution is 0.0690. The van der Waals surface area contributed by atoms with Gasteiger partial charge in [0.2, 0.25) is 0 Å². The molecule has 1 aromatic heterocycles. The molecule has 2 aromatic rings. The molecular formula is C16H17NO2. The largest absolute Gasteiger partial charge is 0.477 e. The first-order chi connectivity index (χ1) is 9.06. The van der Waals surface area contributed by atoms with E-state index in [0.717, 1.165) is 17.5 Å². The molecule has 0 saturated carbocycles. The minimum absolute atomic E-state index is 0.0696. The third-order valence-corrected chi connectivity index (χ3v) is 2.91. The van der Waals surface area contributed by atoms with Crippen molar-refractivity contribution in [2.45, 2.75) is 20.3 Å². The summed E-state index contributed by atoms with van der Waals surface area (Å²) < 4.78 is 0. The molecule has 0 fully saturated rings. The first kappa shape index (κ1) is 13.3. The molecule has 0 aliphatic rings. The number of carboxylic acids is 1. The van der Waals surface area contributed by atoms with E-state index in [2.05, 4.69) is 43.1 Å². The molecule has 3 nitrogen and oxygen atoms in total. The van der Waals surface area contributed by atoms with Crippen molar-refractivity contribution >= 4 is 5.97 Å². The molecule has 0 bridgehead atoms. The molecule has 19 heavy (non-hydrogen) atoms. The van der Waals surface area contributed by atoms with E-state index in [1.807, 2.05) is 0 Å². The van der Waals surface area contributed by atoms with Gasteiger partial charge in [0.05, 0.1) is 0 Å². The molecule has 1 N–H and O–H groups in total. The maximum atomic E-state index is 10.7. The summed E-state index contributed by atoms with van der Waals surface area (Å²) in [6, 6.07) is 11.6. The summed E-state index contributed by atoms with van der Waals surface area (Å²) in [5.41, 5.74) is 3.37. The number of nitrogens with zero attached hydrogens (tertiary/aromatic N) is 1. The Morgan fingerprint density at radius 3 is 2.21 bits per heavy atom. The Morgan fingerprint density at radius 1 is 1.11 bits per heavy atom. The van der Waals surface area contributed by atoms with Crippen molar-refractivity contribution < 1.29 is 9.90 Å². The fraction of sp³-hybridized carbons (Fsp3) is 0.250. The third-order valence-electron chi connectivity index (χ3n) is 2.91. The Balaban J connectivity index is 2.19. The van der Waals surface area contributed by atoms with Crippen LogP contribution >= 0.6 is 0 Å². The molecule has 0 aliphatic carbocycles. The van der Waals surface area contributed by atoms with Crippen LogP contribution in [-0.4, -0.2) is 16.1 Å². The first-order valence-electron chi connectivity index (χ1n) is 6.35. The molecule has 0 unspecified atom stereocenters. The van der Waals surface area contributed by atoms with Gasteiger partial charge in [-0.05, 0) is 29.5 Å². The first-order valence-corrected chi connectivity index (χ1v) is 6.35. The van der Waals surface area contributed by atoms with Crippen LogP contribution in [0.4, 0.5) is 0 Å². The minimum Gasteiger partial charge on any atom is -0.477 e. The molecule has 0 aliphatic heterocycles. The van der Waals surface area contributed by atoms with Crippen molar-refractivity contribution in [3.05, 3.63) is 53.9 Å². The third kappa shape index (κ3) is 3.41. The van der Waals surface area contributed by atoms with E-state index in [9.17, 15) is 4.79 Å². The Kier molecular flexibility index (Phi) is 3.95. The van der Waals surface area contributed by atoms with Gasteiger partial charge in [0.25, 0.3) is 0 Å². The Hall–Kier alpha value is -2.16. The van der Waals surface area contributed by atoms with Gasteiger partial charge in [-0.1, -0.05) is 44.2 Å². The van der Waals surface area contributed by atoms with E-state index in [1.54, 1.807) is 12.3 Å². The number of hydrogen-bond donors (Lipinski definition) is 1. The number of benzene rings is 1. The minimum atomic E-state index is -1.00. The summed E-state index contributed by atoms with van der Waals surface area (Å²) in [5, 5.41) is 8.80. The average molecular weight is 255 g/mol. The highest BCUT2D eigenvalue weighted by atomic mass is 16.4. The molecule has 0 amide bonds. The summed E-state index contributed by atoms with van der Waals surface area (Å²) in [4.78, 5) is 14.7. The van der Waals surface area contributed by atoms with Gasteiger partial charge in [0.15, 0.2) is 0 Å². The number of aromatic carboxylic acids is 1. The smallest absolute Gasteiger partial charge is 0.354 e. The van der Waals surface area contributed by atoms with Crippen LogP contribution in [0.3, 0.4) is 0 Å². The predicted octanol–water partition coefficient (Wildman–Crippen LogP) is 3.65. The van der Waals surface area contributed by atoms with Crippen LogP contribution in [0.2, 0.25) is 0 Å². The van der Waals surface area contributed by atoms with Crippen LogP contribution in [0.25, 0.3) is 11.1 Å². The summed E-state index contributed by atoms with van der Waals surface area (Å²) in [6.45, 7) is 4.39. The maximum Gasteiger partial charge on any atom is 0.354 e. The van der Waals surface area contributed by atoms with Crippen molar-refractivity contribution in [2.24, 2.45) is 5.92 Å². The van der Waals surface area contributed by atoms with Crippen LogP contribution in [0.5, 0.6) is 0 Å². The van der Waals surface area contributed by atoms with Crippen molar-refractivity contribution in [1.29, 1.82) is 0 Å². The predicted molar refractivity (Wildman–Crippen MR) is 75.2 cm³/mol. The molecule has 0 radical (unpaired) electrons. The Labute approximate surface area is 112 Å². The Morgan fingerprint density at radius 2 is 1.74 bits per heavy atom. The fourth-order valence-electron chi connectivity index (χ4n) is 2.00. The van der Waals surface area contributed by atoms with Gasteiger partial charge in [-0.3, -0.25) is 0 Å². The summed E-state index contributed by atoms with van der Waals surface area (Å²) >= 11 is 0. The molecule has 0 spiro atoms. The SMILES string of the molecule is CC(C)Cc1ccc(-c2ccc(C(=O)O)nc2)cc1. The summed E-state index contributed by atoms with van der Waals surface area (Å²) in [7, 11) is 0. The highest BCUT2D eigenvalue weighted by Crippen LogP contribution is 2.20. The number of hydrogen-bond acceptors (Lipinski definition) is 2. The van der Waals surface area contributed by atoms with E-state index >= 15 is 0 Å². The molecule has 0 saturated heterocycles. The van der Waals surface area contributed by atoms with Crippen LogP contribution in [0.15, 0.2) is 42.6 Å². The van der Waals surface area contributed by atoms with Crippen LogP contribution in [0.1, 0.15) is 29.9 Å². The number of pyridine rings is 1. The van der Waals surface area contributed by atoms with Gasteiger partial charge >= 0.3 is 5.97 Å². The molecule has 1 heterocycles. The van der Waals surface area contributed by atoms with Crippen LogP contribution in [-0.2, 0) is 6.42 Å². The van der Waals surface area contributed by atoms with Crippen molar-refractivity contribution in [1.82, 2.24) is 4.98 Å². The number of aromatic nitrogens is 1. The zero-order chi connectivity index (χ0) is 13.8. The summed E-state index contributed by atoms with van der Waals surface area (Å²) in [5.74, 6) is -0.360. The molecule has 3 heteroatoms. The number of rotatable bonds is 4. The van der Waals surface area contributed by atoms with Crippen molar-refractivity contribution in [3.8, 4) is 11.1 Å². The van der Waals surface area contributed by atoms with E-state index < -0.39 is 5.97 Å². The van der Waals surface area contributed by atoms with Crippen LogP contribution in [0, 0.1) is 5.92 Å². The molecule has 2 rings (SSSR count). The summed E-state index contributed by atoms with van der Waals surface area (Å²) in [6.07, 6.45) is 2.66. The van der Waals surface area contributed by atoms with E-state index in [1.165, 1.54) is 11.6 Å². The van der Waals surface area contributed by atoms with Gasteiger partial charge in [0, 0.05) is 11.8 Å². The van der Waals surface area contributed by atoms with Crippen molar-refractivity contribution in [2.75, 3.05) is 0 Å². The quantitative estimate of drug-likeness (QED) is 0.907. The molecule has 0 atom stereocenters. The zero-order valence-corrected chi connectivity index (χ0v) is 11.1. The van der Waals surface area contributed by atoms with E-state index in [4.69, 9.17) is 5.11 Å². The zero-order valence-electron chi connectivity index (χ0n) is 11.1. The molecule has 1 aromatic carbocycles. The van der Waals surface area contributed by atoms with Gasteiger partial charge in [-0.15, -0.1) is 0 Å². The lowest BCUT2D eigenvalue weighted by Gasteiger charge is -2.06. The lowest BCUT2D eigenvalue weighted by Crippen LogP contribution is -1.99. The van der Waals surface area contributed by atoms with Gasteiger partial charge in [0.1, 0.15) is 5.69 Å². The second kappa shape index (κ2) is 5.65. The van der Waals surface area contributed by atoms with E-state index in [0.29, 0.717) is 5.92 Å². The van der Waals surface area contributed by atoms with Gasteiger partial charge in [-0.2, -0.15) is 0 Å². The fourth-order valence-corrected chi connectivity index (χ4v) is 2.00. The highest BCUT2D eigenvalue weighted by molar-refractivity contribution is 5.85. The second-order valence-corrected chi connectivity index (χ2v) is 5.03. The highest BCUT2D eigenvalue weighted by Gasteiger charge is 2.05. The molecule has 98 valence electrons. The van der Waals surface area contributed by atoms with Crippen LogP contribution < -0.4 is 0 Å². The Bertz CT molecular complexity index is 556. The topological polar surface area (TPSA) is 50.2 Å². The number of carboxylic acid groups (broad SMARTS) is 1. The standard InChI is InChI=1S/C16H17NO2/c1-11(2)9-12-3-5-13(6-4-12)14-7-8-15(16(18)19)17-10-14/h3-8,10-11H,9H2,1-2H3,(H,18,19). The average Bonchev–Trinajstić information content (AvgIpc) is 2.39. The van der Waals surface area contributed by atoms with Gasteiger partial charge < -0.3 is 5.11 Å². The van der Waals surface area contributed by atoms with E-state index in [-0.39, 0.29) is 5.69 Å². The van der Waals surface area contributed by atoms with Crippen molar-refractivity contribution in [3.63, 3.8) is 0 Å². The van der Waals surface area contributed by atoms with Gasteiger partial charge in [-0.25, -0.2) is 9.78 Å². The molecular weight excluding hydrogens is 238 g/mol.